The Morgan fingerprint density at radius 3 is 2.19 bits per heavy atom. The molecule has 1 fully saturated rings. The molecule has 0 unspecified atom stereocenters. The highest BCUT2D eigenvalue weighted by Crippen LogP contribution is 2.26. The predicted molar refractivity (Wildman–Crippen MR) is 160 cm³/mol. The molecule has 0 saturated heterocycles. The number of hydrogen-bond acceptors (Lipinski definition) is 5. The molecule has 1 atom stereocenters. The number of benzene rings is 3. The number of nitrogens with one attached hydrogen (secondary N) is 1. The van der Waals surface area contributed by atoms with Crippen molar-refractivity contribution in [1.82, 2.24) is 10.2 Å². The van der Waals surface area contributed by atoms with Gasteiger partial charge in [0.2, 0.25) is 11.8 Å². The van der Waals surface area contributed by atoms with Crippen LogP contribution in [-0.2, 0) is 26.2 Å². The Morgan fingerprint density at radius 2 is 1.60 bits per heavy atom. The summed E-state index contributed by atoms with van der Waals surface area (Å²) in [6.45, 7) is 1.30. The number of para-hydroxylation sites is 1. The lowest BCUT2D eigenvalue weighted by Crippen LogP contribution is -2.54. The van der Waals surface area contributed by atoms with Crippen LogP contribution in [0.15, 0.2) is 83.8 Å². The summed E-state index contributed by atoms with van der Waals surface area (Å²) in [4.78, 5) is 29.1. The highest BCUT2D eigenvalue weighted by atomic mass is 32.2. The molecule has 0 radical (unpaired) electrons. The van der Waals surface area contributed by atoms with Gasteiger partial charge in [0.25, 0.3) is 10.0 Å². The zero-order chi connectivity index (χ0) is 30.1. The number of nitrogens with zero attached hydrogens (tertiary/aromatic N) is 2. The van der Waals surface area contributed by atoms with E-state index in [0.29, 0.717) is 23.4 Å². The molecule has 1 aliphatic carbocycles. The summed E-state index contributed by atoms with van der Waals surface area (Å²) < 4.78 is 47.7. The van der Waals surface area contributed by atoms with Crippen LogP contribution in [0.5, 0.6) is 5.75 Å². The quantitative estimate of drug-likeness (QED) is 0.307. The van der Waals surface area contributed by atoms with Crippen molar-refractivity contribution in [2.45, 2.75) is 69.0 Å². The molecule has 0 heterocycles. The van der Waals surface area contributed by atoms with E-state index in [1.807, 2.05) is 6.92 Å². The largest absolute Gasteiger partial charge is 0.497 e. The van der Waals surface area contributed by atoms with Crippen molar-refractivity contribution in [3.8, 4) is 5.75 Å². The fourth-order valence-corrected chi connectivity index (χ4v) is 6.66. The van der Waals surface area contributed by atoms with E-state index in [0.717, 1.165) is 36.4 Å². The summed E-state index contributed by atoms with van der Waals surface area (Å²) in [5.41, 5.74) is 0.932. The average molecular weight is 596 g/mol. The van der Waals surface area contributed by atoms with Crippen LogP contribution in [0.1, 0.15) is 51.0 Å². The highest BCUT2D eigenvalue weighted by molar-refractivity contribution is 7.92. The number of rotatable bonds is 12. The van der Waals surface area contributed by atoms with E-state index in [9.17, 15) is 22.4 Å². The highest BCUT2D eigenvalue weighted by Gasteiger charge is 2.34. The van der Waals surface area contributed by atoms with Crippen molar-refractivity contribution < 1.29 is 27.1 Å². The average Bonchev–Trinajstić information content (AvgIpc) is 3.01. The molecule has 4 rings (SSSR count). The van der Waals surface area contributed by atoms with Crippen LogP contribution >= 0.6 is 0 Å². The number of ether oxygens (including phenoxy) is 1. The van der Waals surface area contributed by atoms with E-state index < -0.39 is 34.3 Å². The van der Waals surface area contributed by atoms with E-state index in [4.69, 9.17) is 4.74 Å². The number of amides is 2. The topological polar surface area (TPSA) is 96.0 Å². The Labute approximate surface area is 247 Å². The zero-order valence-corrected chi connectivity index (χ0v) is 24.9. The van der Waals surface area contributed by atoms with Gasteiger partial charge < -0.3 is 15.0 Å². The summed E-state index contributed by atoms with van der Waals surface area (Å²) in [6, 6.07) is 19.2. The second-order valence-electron chi connectivity index (χ2n) is 10.4. The maximum absolute atomic E-state index is 14.1. The molecule has 3 aromatic carbocycles. The monoisotopic (exact) mass is 595 g/mol. The van der Waals surface area contributed by atoms with E-state index in [1.54, 1.807) is 54.6 Å². The molecule has 10 heteroatoms. The van der Waals surface area contributed by atoms with E-state index in [-0.39, 0.29) is 23.4 Å². The number of carbonyl (C=O) groups is 2. The van der Waals surface area contributed by atoms with Gasteiger partial charge in [0.15, 0.2) is 0 Å². The van der Waals surface area contributed by atoms with E-state index >= 15 is 0 Å². The molecule has 2 amide bonds. The number of sulfonamides is 1. The van der Waals surface area contributed by atoms with Crippen LogP contribution in [-0.4, -0.2) is 50.9 Å². The molecule has 0 bridgehead atoms. The second kappa shape index (κ2) is 14.3. The second-order valence-corrected chi connectivity index (χ2v) is 12.3. The van der Waals surface area contributed by atoms with Gasteiger partial charge in [0, 0.05) is 12.6 Å². The van der Waals surface area contributed by atoms with Crippen molar-refractivity contribution in [1.29, 1.82) is 0 Å². The van der Waals surface area contributed by atoms with Crippen molar-refractivity contribution >= 4 is 27.5 Å². The molecule has 42 heavy (non-hydrogen) atoms. The Hall–Kier alpha value is -3.92. The third-order valence-electron chi connectivity index (χ3n) is 7.57. The molecule has 8 nitrogen and oxygen atoms in total. The van der Waals surface area contributed by atoms with Crippen LogP contribution in [0, 0.1) is 5.82 Å². The lowest BCUT2D eigenvalue weighted by Gasteiger charge is -2.34. The summed E-state index contributed by atoms with van der Waals surface area (Å²) in [7, 11) is -2.69. The zero-order valence-electron chi connectivity index (χ0n) is 24.0. The molecule has 0 aliphatic heterocycles. The van der Waals surface area contributed by atoms with Gasteiger partial charge in [-0.05, 0) is 73.4 Å². The third-order valence-corrected chi connectivity index (χ3v) is 9.36. The molecule has 0 spiro atoms. The van der Waals surface area contributed by atoms with Gasteiger partial charge in [0.05, 0.1) is 17.7 Å². The number of methoxy groups -OCH3 is 1. The summed E-state index contributed by atoms with van der Waals surface area (Å²) in [5, 5.41) is 3.12. The minimum Gasteiger partial charge on any atom is -0.497 e. The lowest BCUT2D eigenvalue weighted by molar-refractivity contribution is -0.140. The van der Waals surface area contributed by atoms with Crippen molar-refractivity contribution in [3.63, 3.8) is 0 Å². The van der Waals surface area contributed by atoms with Gasteiger partial charge in [-0.25, -0.2) is 12.8 Å². The first-order chi connectivity index (χ1) is 20.2. The van der Waals surface area contributed by atoms with Gasteiger partial charge >= 0.3 is 0 Å². The number of hydrogen-bond donors (Lipinski definition) is 1. The maximum atomic E-state index is 14.1. The van der Waals surface area contributed by atoms with Gasteiger partial charge in [-0.3, -0.25) is 13.9 Å². The van der Waals surface area contributed by atoms with Gasteiger partial charge in [0.1, 0.15) is 24.2 Å². The minimum atomic E-state index is -4.18. The SMILES string of the molecule is CC[C@@H](C(=O)NC1CCCCC1)N(Cc1ccc(F)cc1)C(=O)CN(c1ccccc1)S(=O)(=O)c1ccc(OC)cc1. The number of halogens is 1. The van der Waals surface area contributed by atoms with Crippen LogP contribution in [0.2, 0.25) is 0 Å². The number of anilines is 1. The standard InChI is InChI=1S/C32H38FN3O5S/c1-3-30(32(38)34-26-10-6-4-7-11-26)35(22-24-14-16-25(33)17-15-24)31(37)23-36(27-12-8-5-9-13-27)42(39,40)29-20-18-28(41-2)19-21-29/h5,8-9,12-21,26,30H,3-4,6-7,10-11,22-23H2,1-2H3,(H,34,38)/t30-/m0/s1. The normalized spacial score (nSPS) is 14.5. The first-order valence-electron chi connectivity index (χ1n) is 14.3. The molecule has 0 aromatic heterocycles. The van der Waals surface area contributed by atoms with Gasteiger partial charge in [-0.1, -0.05) is 56.5 Å². The molecule has 3 aromatic rings. The Kier molecular flexibility index (Phi) is 10.6. The van der Waals surface area contributed by atoms with Crippen molar-refractivity contribution in [2.75, 3.05) is 18.0 Å². The van der Waals surface area contributed by atoms with Crippen LogP contribution in [0.4, 0.5) is 10.1 Å². The Balaban J connectivity index is 1.68. The maximum Gasteiger partial charge on any atom is 0.264 e. The molecular weight excluding hydrogens is 557 g/mol. The molecule has 1 aliphatic rings. The molecule has 1 N–H and O–H groups in total. The fraction of sp³-hybridized carbons (Fsp3) is 0.375. The lowest BCUT2D eigenvalue weighted by atomic mass is 9.95. The first-order valence-corrected chi connectivity index (χ1v) is 15.7. The van der Waals surface area contributed by atoms with E-state index in [1.165, 1.54) is 36.3 Å². The predicted octanol–water partition coefficient (Wildman–Crippen LogP) is 5.29. The van der Waals surface area contributed by atoms with Crippen LogP contribution < -0.4 is 14.4 Å². The minimum absolute atomic E-state index is 0.00730. The van der Waals surface area contributed by atoms with Crippen LogP contribution in [0.25, 0.3) is 0 Å². The summed E-state index contributed by atoms with van der Waals surface area (Å²) in [6.07, 6.45) is 5.30. The smallest absolute Gasteiger partial charge is 0.264 e. The van der Waals surface area contributed by atoms with E-state index in [2.05, 4.69) is 5.32 Å². The van der Waals surface area contributed by atoms with Crippen LogP contribution in [0.3, 0.4) is 0 Å². The molecular formula is C32H38FN3O5S. The summed E-state index contributed by atoms with van der Waals surface area (Å²) >= 11 is 0. The third kappa shape index (κ3) is 7.67. The number of carbonyl (C=O) groups excluding carboxylic acids is 2. The Bertz CT molecular complexity index is 1430. The van der Waals surface area contributed by atoms with Gasteiger partial charge in [-0.15, -0.1) is 0 Å². The fourth-order valence-electron chi connectivity index (χ4n) is 5.25. The van der Waals surface area contributed by atoms with Gasteiger partial charge in [-0.2, -0.15) is 0 Å². The van der Waals surface area contributed by atoms with Crippen molar-refractivity contribution in [2.24, 2.45) is 0 Å². The molecule has 1 saturated carbocycles. The Morgan fingerprint density at radius 1 is 0.952 bits per heavy atom. The van der Waals surface area contributed by atoms with Crippen molar-refractivity contribution in [3.05, 3.63) is 90.2 Å². The first kappa shape index (κ1) is 31.0. The molecule has 224 valence electrons. The summed E-state index contributed by atoms with van der Waals surface area (Å²) in [5.74, 6) is -0.744.